The molecule has 0 radical (unpaired) electrons. The molecule has 124 valence electrons. The van der Waals surface area contributed by atoms with Crippen LogP contribution in [0.4, 0.5) is 9.59 Å². The SMILES string of the molecule is CC1(C)C(=O)N(I)C(=O)N1I.CC1(C)C(=O)N(I)C(=O)N1I. The van der Waals surface area contributed by atoms with Gasteiger partial charge in [-0.25, -0.2) is 9.59 Å². The van der Waals surface area contributed by atoms with E-state index < -0.39 is 11.1 Å². The van der Waals surface area contributed by atoms with Crippen molar-refractivity contribution in [3.05, 3.63) is 0 Å². The first kappa shape index (κ1) is 20.8. The Hall–Kier alpha value is 0.800. The molecular formula is C10H12I4N4O4. The molecule has 2 aliphatic heterocycles. The summed E-state index contributed by atoms with van der Waals surface area (Å²) in [6.07, 6.45) is 0. The van der Waals surface area contributed by atoms with Crippen molar-refractivity contribution in [1.82, 2.24) is 12.5 Å². The van der Waals surface area contributed by atoms with Gasteiger partial charge in [-0.05, 0) is 27.7 Å². The van der Waals surface area contributed by atoms with Crippen LogP contribution < -0.4 is 0 Å². The van der Waals surface area contributed by atoms with Gasteiger partial charge in [0.05, 0.1) is 91.5 Å². The summed E-state index contributed by atoms with van der Waals surface area (Å²) in [6.45, 7) is 6.88. The number of nitrogens with zero attached hydrogens (tertiary/aromatic N) is 4. The molecule has 0 aromatic rings. The largest absolute Gasteiger partial charge is 0.345 e. The normalized spacial score (nSPS) is 23.3. The lowest BCUT2D eigenvalue weighted by Crippen LogP contribution is -2.37. The Morgan fingerprint density at radius 1 is 0.636 bits per heavy atom. The second kappa shape index (κ2) is 6.96. The third-order valence-corrected chi connectivity index (χ3v) is 8.00. The van der Waals surface area contributed by atoms with E-state index in [-0.39, 0.29) is 23.9 Å². The van der Waals surface area contributed by atoms with Crippen molar-refractivity contribution >= 4 is 115 Å². The Morgan fingerprint density at radius 2 is 0.864 bits per heavy atom. The van der Waals surface area contributed by atoms with Crippen LogP contribution in [0.25, 0.3) is 0 Å². The standard InChI is InChI=1S/2C5H6I2N2O2/c2*1-5(2)3(10)8(6)4(11)9(5)7/h2*1-2H3. The number of urea groups is 2. The molecule has 0 atom stereocenters. The van der Waals surface area contributed by atoms with Crippen molar-refractivity contribution in [3.63, 3.8) is 0 Å². The van der Waals surface area contributed by atoms with E-state index in [1.54, 1.807) is 73.4 Å². The fourth-order valence-corrected chi connectivity index (χ4v) is 4.74. The number of carbonyl (C=O) groups is 4. The van der Waals surface area contributed by atoms with Crippen LogP contribution in [-0.2, 0) is 9.59 Å². The number of carbonyl (C=O) groups excluding carboxylic acids is 4. The van der Waals surface area contributed by atoms with E-state index in [0.29, 0.717) is 0 Å². The lowest BCUT2D eigenvalue weighted by Gasteiger charge is -2.19. The molecule has 0 N–H and O–H groups in total. The first-order valence-electron chi connectivity index (χ1n) is 5.78. The third-order valence-electron chi connectivity index (χ3n) is 3.06. The minimum Gasteiger partial charge on any atom is -0.271 e. The lowest BCUT2D eigenvalue weighted by molar-refractivity contribution is -0.127. The number of hydrogen-bond acceptors (Lipinski definition) is 4. The summed E-state index contributed by atoms with van der Waals surface area (Å²) in [4.78, 5) is 44.9. The van der Waals surface area contributed by atoms with Gasteiger partial charge in [-0.1, -0.05) is 0 Å². The first-order valence-corrected chi connectivity index (χ1v) is 9.64. The monoisotopic (exact) mass is 760 g/mol. The Balaban J connectivity index is 0.000000220. The van der Waals surface area contributed by atoms with E-state index >= 15 is 0 Å². The molecule has 0 bridgehead atoms. The molecule has 2 fully saturated rings. The molecule has 0 spiro atoms. The predicted octanol–water partition coefficient (Wildman–Crippen LogP) is 3.46. The summed E-state index contributed by atoms with van der Waals surface area (Å²) in [7, 11) is 0. The van der Waals surface area contributed by atoms with Gasteiger partial charge in [0.15, 0.2) is 0 Å². The fraction of sp³-hybridized carbons (Fsp3) is 0.600. The number of hydrogen-bond donors (Lipinski definition) is 0. The van der Waals surface area contributed by atoms with Crippen molar-refractivity contribution in [3.8, 4) is 0 Å². The molecular weight excluding hydrogens is 748 g/mol. The minimum absolute atomic E-state index is 0.169. The van der Waals surface area contributed by atoms with Gasteiger partial charge in [-0.2, -0.15) is 6.23 Å². The summed E-state index contributed by atoms with van der Waals surface area (Å²) in [5.41, 5.74) is -1.39. The van der Waals surface area contributed by atoms with E-state index in [2.05, 4.69) is 0 Å². The van der Waals surface area contributed by atoms with Crippen LogP contribution in [0.15, 0.2) is 0 Å². The van der Waals surface area contributed by atoms with Crippen LogP contribution in [0.3, 0.4) is 0 Å². The van der Waals surface area contributed by atoms with Gasteiger partial charge >= 0.3 is 12.1 Å². The van der Waals surface area contributed by atoms with Gasteiger partial charge < -0.3 is 0 Å². The zero-order chi connectivity index (χ0) is 17.6. The number of amides is 6. The molecule has 2 heterocycles. The predicted molar refractivity (Wildman–Crippen MR) is 112 cm³/mol. The third kappa shape index (κ3) is 3.42. The van der Waals surface area contributed by atoms with E-state index in [1.807, 2.05) is 45.7 Å². The molecule has 8 nitrogen and oxygen atoms in total. The molecule has 0 unspecified atom stereocenters. The summed E-state index contributed by atoms with van der Waals surface area (Å²) < 4.78 is 5.01. The van der Waals surface area contributed by atoms with Crippen molar-refractivity contribution in [2.75, 3.05) is 0 Å². The molecule has 22 heavy (non-hydrogen) atoms. The second-order valence-electron chi connectivity index (χ2n) is 5.42. The Bertz CT molecular complexity index is 505. The quantitative estimate of drug-likeness (QED) is 0.216. The summed E-state index contributed by atoms with van der Waals surface area (Å²) in [6, 6.07) is -0.526. The Labute approximate surface area is 183 Å². The lowest BCUT2D eigenvalue weighted by atomic mass is 10.1. The van der Waals surface area contributed by atoms with E-state index in [4.69, 9.17) is 0 Å². The smallest absolute Gasteiger partial charge is 0.271 e. The summed E-state index contributed by atoms with van der Waals surface area (Å²) >= 11 is 7.12. The van der Waals surface area contributed by atoms with Crippen LogP contribution in [-0.4, -0.2) is 47.4 Å². The molecule has 2 saturated heterocycles. The average molecular weight is 760 g/mol. The maximum Gasteiger partial charge on any atom is 0.345 e. The molecule has 12 heteroatoms. The van der Waals surface area contributed by atoms with E-state index in [0.717, 1.165) is 6.23 Å². The highest BCUT2D eigenvalue weighted by molar-refractivity contribution is 14.1. The second-order valence-corrected chi connectivity index (χ2v) is 9.28. The van der Waals surface area contributed by atoms with Gasteiger partial charge in [0, 0.05) is 0 Å². The minimum atomic E-state index is -0.696. The summed E-state index contributed by atoms with van der Waals surface area (Å²) in [5, 5.41) is 0. The van der Waals surface area contributed by atoms with Crippen LogP contribution in [0.5, 0.6) is 0 Å². The molecule has 0 saturated carbocycles. The zero-order valence-corrected chi connectivity index (χ0v) is 20.6. The first-order chi connectivity index (χ1) is 9.77. The highest BCUT2D eigenvalue weighted by Crippen LogP contribution is 2.33. The van der Waals surface area contributed by atoms with Crippen molar-refractivity contribution in [1.29, 1.82) is 0 Å². The molecule has 0 aliphatic carbocycles. The van der Waals surface area contributed by atoms with Gasteiger partial charge in [0.25, 0.3) is 11.8 Å². The Kier molecular flexibility index (Phi) is 6.60. The van der Waals surface area contributed by atoms with E-state index in [9.17, 15) is 19.2 Å². The average Bonchev–Trinajstić information content (AvgIpc) is 2.67. The fourth-order valence-electron chi connectivity index (χ4n) is 1.45. The number of rotatable bonds is 0. The molecule has 6 amide bonds. The topological polar surface area (TPSA) is 81.2 Å². The highest BCUT2D eigenvalue weighted by Gasteiger charge is 2.50. The molecule has 0 aromatic carbocycles. The molecule has 2 aliphatic rings. The molecule has 2 rings (SSSR count). The highest BCUT2D eigenvalue weighted by atomic mass is 127. The van der Waals surface area contributed by atoms with Crippen molar-refractivity contribution < 1.29 is 19.2 Å². The van der Waals surface area contributed by atoms with E-state index in [1.165, 1.54) is 6.23 Å². The summed E-state index contributed by atoms with van der Waals surface area (Å²) in [5.74, 6) is -0.338. The van der Waals surface area contributed by atoms with Gasteiger partial charge in [-0.3, -0.25) is 15.8 Å². The number of imide groups is 2. The Morgan fingerprint density at radius 3 is 0.909 bits per heavy atom. The van der Waals surface area contributed by atoms with Gasteiger partial charge in [0.1, 0.15) is 11.1 Å². The zero-order valence-electron chi connectivity index (χ0n) is 11.9. The van der Waals surface area contributed by atoms with Crippen molar-refractivity contribution in [2.24, 2.45) is 0 Å². The maximum atomic E-state index is 11.3. The van der Waals surface area contributed by atoms with Gasteiger partial charge in [0.2, 0.25) is 0 Å². The maximum absolute atomic E-state index is 11.3. The molecule has 0 aromatic heterocycles. The van der Waals surface area contributed by atoms with Crippen LogP contribution in [0.1, 0.15) is 27.7 Å². The van der Waals surface area contributed by atoms with Gasteiger partial charge in [-0.15, -0.1) is 0 Å². The van der Waals surface area contributed by atoms with Crippen LogP contribution >= 0.6 is 91.5 Å². The number of halogens is 4. The van der Waals surface area contributed by atoms with Crippen LogP contribution in [0.2, 0.25) is 0 Å². The van der Waals surface area contributed by atoms with Crippen molar-refractivity contribution in [2.45, 2.75) is 38.8 Å². The van der Waals surface area contributed by atoms with Crippen LogP contribution in [0, 0.1) is 0 Å².